The van der Waals surface area contributed by atoms with Crippen LogP contribution >= 0.6 is 11.6 Å². The van der Waals surface area contributed by atoms with Gasteiger partial charge >= 0.3 is 0 Å². The Morgan fingerprint density at radius 3 is 2.67 bits per heavy atom. The van der Waals surface area contributed by atoms with E-state index in [1.807, 2.05) is 26.0 Å². The molecule has 1 heterocycles. The van der Waals surface area contributed by atoms with E-state index in [4.69, 9.17) is 11.6 Å². The molecule has 110 valence electrons. The number of halogens is 1. The Morgan fingerprint density at radius 2 is 2.00 bits per heavy atom. The zero-order chi connectivity index (χ0) is 15.4. The molecule has 0 aliphatic rings. The molecule has 1 amide bonds. The minimum absolute atomic E-state index is 0.162. The summed E-state index contributed by atoms with van der Waals surface area (Å²) in [5, 5.41) is 6.25. The number of hydrogen-bond donors (Lipinski definition) is 2. The second kappa shape index (κ2) is 6.59. The van der Waals surface area contributed by atoms with Crippen molar-refractivity contribution >= 4 is 28.9 Å². The summed E-state index contributed by atoms with van der Waals surface area (Å²) in [6, 6.07) is 9.12. The number of pyridine rings is 1. The van der Waals surface area contributed by atoms with Gasteiger partial charge in [-0.25, -0.2) is 4.98 Å². The summed E-state index contributed by atoms with van der Waals surface area (Å²) in [7, 11) is 0. The van der Waals surface area contributed by atoms with Crippen LogP contribution in [-0.4, -0.2) is 16.9 Å². The van der Waals surface area contributed by atoms with Crippen molar-refractivity contribution in [3.63, 3.8) is 0 Å². The van der Waals surface area contributed by atoms with E-state index in [0.717, 1.165) is 11.3 Å². The van der Waals surface area contributed by atoms with Gasteiger partial charge in [0.25, 0.3) is 0 Å². The van der Waals surface area contributed by atoms with Crippen LogP contribution in [0.15, 0.2) is 36.5 Å². The molecular formula is C16H18ClN3O. The minimum Gasteiger partial charge on any atom is -0.374 e. The molecule has 0 aliphatic heterocycles. The molecule has 1 atom stereocenters. The molecule has 1 unspecified atom stereocenters. The number of hydrogen-bond acceptors (Lipinski definition) is 3. The van der Waals surface area contributed by atoms with E-state index in [1.165, 1.54) is 5.56 Å². The van der Waals surface area contributed by atoms with Crippen molar-refractivity contribution < 1.29 is 4.79 Å². The second-order valence-corrected chi connectivity index (χ2v) is 5.37. The zero-order valence-corrected chi connectivity index (χ0v) is 13.0. The third-order valence-electron chi connectivity index (χ3n) is 3.16. The third kappa shape index (κ3) is 3.95. The first-order valence-corrected chi connectivity index (χ1v) is 7.10. The van der Waals surface area contributed by atoms with Crippen LogP contribution in [0.5, 0.6) is 0 Å². The number of aromatic nitrogens is 1. The van der Waals surface area contributed by atoms with Crippen LogP contribution in [0.25, 0.3) is 0 Å². The van der Waals surface area contributed by atoms with Crippen molar-refractivity contribution in [3.05, 3.63) is 52.8 Å². The first-order chi connectivity index (χ1) is 9.97. The first-order valence-electron chi connectivity index (χ1n) is 6.72. The Hall–Kier alpha value is -2.07. The average Bonchev–Trinajstić information content (AvgIpc) is 2.44. The zero-order valence-electron chi connectivity index (χ0n) is 12.3. The van der Waals surface area contributed by atoms with E-state index < -0.39 is 0 Å². The molecular weight excluding hydrogens is 286 g/mol. The van der Waals surface area contributed by atoms with E-state index in [0.29, 0.717) is 5.69 Å². The van der Waals surface area contributed by atoms with Crippen LogP contribution in [-0.2, 0) is 4.79 Å². The van der Waals surface area contributed by atoms with Crippen molar-refractivity contribution in [2.75, 3.05) is 10.6 Å². The molecule has 0 saturated carbocycles. The lowest BCUT2D eigenvalue weighted by atomic mass is 10.1. The maximum absolute atomic E-state index is 12.2. The Morgan fingerprint density at radius 1 is 1.24 bits per heavy atom. The summed E-state index contributed by atoms with van der Waals surface area (Å²) in [4.78, 5) is 16.1. The summed E-state index contributed by atoms with van der Waals surface area (Å²) in [6.45, 7) is 5.86. The van der Waals surface area contributed by atoms with Gasteiger partial charge in [-0.1, -0.05) is 29.3 Å². The summed E-state index contributed by atoms with van der Waals surface area (Å²) in [6.07, 6.45) is 1.58. The number of nitrogens with one attached hydrogen (secondary N) is 2. The Kier molecular flexibility index (Phi) is 4.81. The van der Waals surface area contributed by atoms with Gasteiger partial charge in [-0.15, -0.1) is 0 Å². The fraction of sp³-hybridized carbons (Fsp3) is 0.250. The van der Waals surface area contributed by atoms with E-state index >= 15 is 0 Å². The predicted molar refractivity (Wildman–Crippen MR) is 86.9 cm³/mol. The topological polar surface area (TPSA) is 54.0 Å². The van der Waals surface area contributed by atoms with Gasteiger partial charge in [0.05, 0.1) is 5.69 Å². The number of amides is 1. The van der Waals surface area contributed by atoms with Crippen LogP contribution < -0.4 is 10.6 Å². The number of carbonyl (C=O) groups is 1. The lowest BCUT2D eigenvalue weighted by Crippen LogP contribution is -2.32. The van der Waals surface area contributed by atoms with Gasteiger partial charge in [0.2, 0.25) is 5.91 Å². The van der Waals surface area contributed by atoms with Gasteiger partial charge in [0, 0.05) is 11.9 Å². The van der Waals surface area contributed by atoms with Gasteiger partial charge < -0.3 is 10.6 Å². The van der Waals surface area contributed by atoms with Crippen LogP contribution in [0.3, 0.4) is 0 Å². The van der Waals surface area contributed by atoms with Gasteiger partial charge in [0.15, 0.2) is 5.15 Å². The average molecular weight is 304 g/mol. The van der Waals surface area contributed by atoms with Crippen molar-refractivity contribution in [1.29, 1.82) is 0 Å². The monoisotopic (exact) mass is 303 g/mol. The highest BCUT2D eigenvalue weighted by atomic mass is 35.5. The number of aryl methyl sites for hydroxylation is 2. The number of anilines is 2. The number of rotatable bonds is 4. The molecule has 4 nitrogen and oxygen atoms in total. The molecule has 0 fully saturated rings. The van der Waals surface area contributed by atoms with Gasteiger partial charge in [-0.05, 0) is 44.5 Å². The molecule has 2 N–H and O–H groups in total. The molecule has 5 heteroatoms. The van der Waals surface area contributed by atoms with Gasteiger partial charge in [-0.2, -0.15) is 0 Å². The van der Waals surface area contributed by atoms with Crippen LogP contribution in [0.2, 0.25) is 5.15 Å². The van der Waals surface area contributed by atoms with Crippen LogP contribution in [0.4, 0.5) is 11.4 Å². The number of carbonyl (C=O) groups excluding carboxylic acids is 1. The van der Waals surface area contributed by atoms with E-state index in [9.17, 15) is 4.79 Å². The summed E-state index contributed by atoms with van der Waals surface area (Å²) in [5.74, 6) is -0.162. The molecule has 0 bridgehead atoms. The van der Waals surface area contributed by atoms with Crippen LogP contribution in [0.1, 0.15) is 18.1 Å². The Balaban J connectivity index is 2.04. The highest BCUT2D eigenvalue weighted by Crippen LogP contribution is 2.19. The lowest BCUT2D eigenvalue weighted by molar-refractivity contribution is -0.116. The summed E-state index contributed by atoms with van der Waals surface area (Å²) in [5.41, 5.74) is 3.75. The maximum atomic E-state index is 12.2. The third-order valence-corrected chi connectivity index (χ3v) is 3.47. The van der Waals surface area contributed by atoms with E-state index in [1.54, 1.807) is 25.3 Å². The molecule has 1 aromatic heterocycles. The standard InChI is InChI=1S/C16H18ClN3O/c1-10-6-7-13(11(2)9-10)19-12(3)16(21)20-14-5-4-8-18-15(14)17/h4-9,12,19H,1-3H3,(H,20,21). The molecule has 0 radical (unpaired) electrons. The van der Waals surface area contributed by atoms with Crippen molar-refractivity contribution in [2.45, 2.75) is 26.8 Å². The van der Waals surface area contributed by atoms with Crippen molar-refractivity contribution in [1.82, 2.24) is 4.98 Å². The fourth-order valence-corrected chi connectivity index (χ4v) is 2.16. The maximum Gasteiger partial charge on any atom is 0.246 e. The summed E-state index contributed by atoms with van der Waals surface area (Å²) < 4.78 is 0. The molecule has 21 heavy (non-hydrogen) atoms. The van der Waals surface area contributed by atoms with Gasteiger partial charge in [-0.3, -0.25) is 4.79 Å². The van der Waals surface area contributed by atoms with E-state index in [-0.39, 0.29) is 17.1 Å². The van der Waals surface area contributed by atoms with E-state index in [2.05, 4.69) is 21.7 Å². The lowest BCUT2D eigenvalue weighted by Gasteiger charge is -2.17. The molecule has 2 aromatic rings. The number of benzene rings is 1. The molecule has 0 spiro atoms. The minimum atomic E-state index is -0.386. The highest BCUT2D eigenvalue weighted by Gasteiger charge is 2.15. The smallest absolute Gasteiger partial charge is 0.246 e. The quantitative estimate of drug-likeness (QED) is 0.845. The summed E-state index contributed by atoms with van der Waals surface area (Å²) >= 11 is 5.93. The molecule has 0 saturated heterocycles. The Bertz CT molecular complexity index is 658. The van der Waals surface area contributed by atoms with Crippen molar-refractivity contribution in [3.8, 4) is 0 Å². The normalized spacial score (nSPS) is 11.8. The van der Waals surface area contributed by atoms with Crippen molar-refractivity contribution in [2.24, 2.45) is 0 Å². The second-order valence-electron chi connectivity index (χ2n) is 5.02. The van der Waals surface area contributed by atoms with Gasteiger partial charge in [0.1, 0.15) is 6.04 Å². The molecule has 0 aliphatic carbocycles. The predicted octanol–water partition coefficient (Wildman–Crippen LogP) is 3.79. The van der Waals surface area contributed by atoms with Crippen LogP contribution in [0, 0.1) is 13.8 Å². The first kappa shape index (κ1) is 15.3. The fourth-order valence-electron chi connectivity index (χ4n) is 1.99. The largest absolute Gasteiger partial charge is 0.374 e. The molecule has 1 aromatic carbocycles. The number of nitrogens with zero attached hydrogens (tertiary/aromatic N) is 1. The Labute approximate surface area is 129 Å². The highest BCUT2D eigenvalue weighted by molar-refractivity contribution is 6.32. The molecule has 2 rings (SSSR count). The SMILES string of the molecule is Cc1ccc(NC(C)C(=O)Nc2cccnc2Cl)c(C)c1.